The molecule has 6 nitrogen and oxygen atoms in total. The van der Waals surface area contributed by atoms with Crippen LogP contribution < -0.4 is 4.72 Å². The summed E-state index contributed by atoms with van der Waals surface area (Å²) in [5.41, 5.74) is 0.0520. The van der Waals surface area contributed by atoms with Gasteiger partial charge in [0.15, 0.2) is 15.9 Å². The van der Waals surface area contributed by atoms with Crippen molar-refractivity contribution in [3.63, 3.8) is 0 Å². The largest absolute Gasteiger partial charge is 0.416 e. The van der Waals surface area contributed by atoms with E-state index in [4.69, 9.17) is 0 Å². The average molecular weight is 441 g/mol. The first-order valence-corrected chi connectivity index (χ1v) is 10.6. The van der Waals surface area contributed by atoms with E-state index >= 15 is 0 Å². The fourth-order valence-electron chi connectivity index (χ4n) is 2.41. The molecule has 0 aliphatic heterocycles. The molecule has 3 rings (SSSR count). The van der Waals surface area contributed by atoms with Crippen molar-refractivity contribution >= 4 is 32.3 Å². The van der Waals surface area contributed by atoms with Crippen LogP contribution in [0.25, 0.3) is 0 Å². The molecule has 0 radical (unpaired) electrons. The van der Waals surface area contributed by atoms with Crippen molar-refractivity contribution in [1.82, 2.24) is 9.97 Å². The maximum Gasteiger partial charge on any atom is 0.416 e. The summed E-state index contributed by atoms with van der Waals surface area (Å²) in [7, 11) is -3.91. The molecule has 1 aromatic carbocycles. The van der Waals surface area contributed by atoms with Gasteiger partial charge in [-0.2, -0.15) is 21.6 Å². The van der Waals surface area contributed by atoms with Gasteiger partial charge in [-0.05, 0) is 36.2 Å². The lowest BCUT2D eigenvalue weighted by Gasteiger charge is -2.08. The number of hydrogen-bond acceptors (Lipinski definition) is 6. The number of thiazole rings is 1. The first-order chi connectivity index (χ1) is 13.6. The number of alkyl halides is 3. The number of carbonyl (C=O) groups excluding carboxylic acids is 1. The third kappa shape index (κ3) is 5.39. The summed E-state index contributed by atoms with van der Waals surface area (Å²) < 4.78 is 64.4. The van der Waals surface area contributed by atoms with E-state index < -0.39 is 21.8 Å². The van der Waals surface area contributed by atoms with E-state index in [1.54, 1.807) is 5.38 Å². The molecule has 11 heteroatoms. The van der Waals surface area contributed by atoms with Gasteiger partial charge < -0.3 is 0 Å². The molecule has 2 aromatic heterocycles. The molecule has 0 saturated carbocycles. The SMILES string of the molecule is O=C(CCc1ccc(C(F)(F)F)cc1)c1ccc(S(=O)(=O)Nc2nccs2)nc1. The maximum atomic E-state index is 12.6. The van der Waals surface area contributed by atoms with Crippen molar-refractivity contribution in [2.75, 3.05) is 4.72 Å². The Morgan fingerprint density at radius 2 is 1.79 bits per heavy atom. The highest BCUT2D eigenvalue weighted by Crippen LogP contribution is 2.29. The molecule has 0 aliphatic carbocycles. The van der Waals surface area contributed by atoms with Gasteiger partial charge >= 0.3 is 6.18 Å². The Morgan fingerprint density at radius 1 is 1.07 bits per heavy atom. The number of nitrogens with one attached hydrogen (secondary N) is 1. The summed E-state index contributed by atoms with van der Waals surface area (Å²) in [6.07, 6.45) is -1.49. The van der Waals surface area contributed by atoms with E-state index in [0.29, 0.717) is 5.56 Å². The quantitative estimate of drug-likeness (QED) is 0.556. The smallest absolute Gasteiger partial charge is 0.294 e. The third-order valence-corrected chi connectivity index (χ3v) is 5.98. The zero-order valence-electron chi connectivity index (χ0n) is 14.7. The molecule has 152 valence electrons. The van der Waals surface area contributed by atoms with Crippen molar-refractivity contribution in [1.29, 1.82) is 0 Å². The van der Waals surface area contributed by atoms with E-state index in [-0.39, 0.29) is 34.3 Å². The van der Waals surface area contributed by atoms with E-state index in [9.17, 15) is 26.4 Å². The zero-order chi connectivity index (χ0) is 21.1. The fourth-order valence-corrected chi connectivity index (χ4v) is 4.13. The Labute approximate surface area is 168 Å². The highest BCUT2D eigenvalue weighted by atomic mass is 32.2. The van der Waals surface area contributed by atoms with Gasteiger partial charge in [0.2, 0.25) is 0 Å². The molecule has 3 aromatic rings. The van der Waals surface area contributed by atoms with Gasteiger partial charge in [-0.1, -0.05) is 12.1 Å². The molecule has 2 heterocycles. The lowest BCUT2D eigenvalue weighted by Crippen LogP contribution is -2.14. The molecule has 0 bridgehead atoms. The maximum absolute atomic E-state index is 12.6. The van der Waals surface area contributed by atoms with E-state index in [2.05, 4.69) is 14.7 Å². The summed E-state index contributed by atoms with van der Waals surface area (Å²) in [5, 5.41) is 1.56. The molecule has 0 fully saturated rings. The Kier molecular flexibility index (Phi) is 5.99. The number of rotatable bonds is 7. The summed E-state index contributed by atoms with van der Waals surface area (Å²) in [4.78, 5) is 19.9. The van der Waals surface area contributed by atoms with Crippen LogP contribution in [0.4, 0.5) is 18.3 Å². The lowest BCUT2D eigenvalue weighted by molar-refractivity contribution is -0.137. The van der Waals surface area contributed by atoms with Crippen molar-refractivity contribution in [2.45, 2.75) is 24.0 Å². The van der Waals surface area contributed by atoms with Gasteiger partial charge in [-0.25, -0.2) is 9.97 Å². The van der Waals surface area contributed by atoms with Crippen LogP contribution in [0.3, 0.4) is 0 Å². The number of Topliss-reactive ketones (excluding diaryl/α,β-unsaturated/α-hetero) is 1. The topological polar surface area (TPSA) is 89.0 Å². The summed E-state index contributed by atoms with van der Waals surface area (Å²) in [5.74, 6) is -0.297. The van der Waals surface area contributed by atoms with Crippen LogP contribution in [0.2, 0.25) is 0 Å². The predicted octanol–water partition coefficient (Wildman–Crippen LogP) is 4.17. The van der Waals surface area contributed by atoms with E-state index in [1.165, 1.54) is 30.5 Å². The lowest BCUT2D eigenvalue weighted by atomic mass is 10.0. The number of aryl methyl sites for hydroxylation is 1. The van der Waals surface area contributed by atoms with E-state index in [0.717, 1.165) is 29.7 Å². The highest BCUT2D eigenvalue weighted by molar-refractivity contribution is 7.92. The molecule has 1 N–H and O–H groups in total. The van der Waals surface area contributed by atoms with Crippen LogP contribution in [0.1, 0.15) is 27.9 Å². The first kappa shape index (κ1) is 20.9. The number of carbonyl (C=O) groups is 1. The van der Waals surface area contributed by atoms with Gasteiger partial charge in [-0.15, -0.1) is 11.3 Å². The van der Waals surface area contributed by atoms with Gasteiger partial charge in [0.1, 0.15) is 0 Å². The minimum atomic E-state index is -4.41. The molecule has 0 saturated heterocycles. The van der Waals surface area contributed by atoms with Crippen LogP contribution in [-0.4, -0.2) is 24.2 Å². The number of benzene rings is 1. The van der Waals surface area contributed by atoms with Crippen molar-refractivity contribution < 1.29 is 26.4 Å². The Balaban J connectivity index is 1.62. The standard InChI is InChI=1S/C18H14F3N3O3S2/c19-18(20,21)14-5-1-12(2-6-14)3-7-15(25)13-4-8-16(23-11-13)29(26,27)24-17-22-9-10-28-17/h1-2,4-6,8-11H,3,7H2,(H,22,24). The Morgan fingerprint density at radius 3 is 2.34 bits per heavy atom. The number of ketones is 1. The highest BCUT2D eigenvalue weighted by Gasteiger charge is 2.29. The van der Waals surface area contributed by atoms with Crippen LogP contribution in [-0.2, 0) is 22.6 Å². The fraction of sp³-hybridized carbons (Fsp3) is 0.167. The molecule has 29 heavy (non-hydrogen) atoms. The molecule has 0 unspecified atom stereocenters. The van der Waals surface area contributed by atoms with E-state index in [1.807, 2.05) is 0 Å². The minimum Gasteiger partial charge on any atom is -0.294 e. The zero-order valence-corrected chi connectivity index (χ0v) is 16.3. The normalized spacial score (nSPS) is 12.0. The van der Waals surface area contributed by atoms with Gasteiger partial charge in [0, 0.05) is 29.8 Å². The molecular weight excluding hydrogens is 427 g/mol. The predicted molar refractivity (Wildman–Crippen MR) is 101 cm³/mol. The summed E-state index contributed by atoms with van der Waals surface area (Å²) in [6, 6.07) is 7.15. The molecule has 0 spiro atoms. The third-order valence-electron chi connectivity index (χ3n) is 3.91. The summed E-state index contributed by atoms with van der Waals surface area (Å²) in [6.45, 7) is 0. The molecule has 0 amide bonds. The summed E-state index contributed by atoms with van der Waals surface area (Å²) >= 11 is 1.11. The number of pyridine rings is 1. The van der Waals surface area contributed by atoms with Gasteiger partial charge in [0.25, 0.3) is 10.0 Å². The number of halogens is 3. The molecular formula is C18H14F3N3O3S2. The van der Waals surface area contributed by atoms with Crippen LogP contribution >= 0.6 is 11.3 Å². The average Bonchev–Trinajstić information content (AvgIpc) is 3.18. The number of nitrogens with zero attached hydrogens (tertiary/aromatic N) is 2. The van der Waals surface area contributed by atoms with Crippen molar-refractivity contribution in [3.8, 4) is 0 Å². The number of aromatic nitrogens is 2. The second kappa shape index (κ2) is 8.29. The van der Waals surface area contributed by atoms with Gasteiger partial charge in [0.05, 0.1) is 5.56 Å². The van der Waals surface area contributed by atoms with Gasteiger partial charge in [-0.3, -0.25) is 9.52 Å². The first-order valence-electron chi connectivity index (χ1n) is 8.23. The van der Waals surface area contributed by atoms with Crippen LogP contribution in [0.5, 0.6) is 0 Å². The second-order valence-electron chi connectivity index (χ2n) is 5.95. The molecule has 0 atom stereocenters. The van der Waals surface area contributed by atoms with Crippen molar-refractivity contribution in [2.24, 2.45) is 0 Å². The Bertz CT molecular complexity index is 1080. The van der Waals surface area contributed by atoms with Crippen molar-refractivity contribution in [3.05, 3.63) is 70.9 Å². The number of hydrogen-bond donors (Lipinski definition) is 1. The second-order valence-corrected chi connectivity index (χ2v) is 8.47. The van der Waals surface area contributed by atoms with Crippen LogP contribution in [0, 0.1) is 0 Å². The minimum absolute atomic E-state index is 0.0521. The Hall–Kier alpha value is -2.79. The van der Waals surface area contributed by atoms with Crippen LogP contribution in [0.15, 0.2) is 59.2 Å². The monoisotopic (exact) mass is 441 g/mol. The number of sulfonamides is 1. The molecule has 0 aliphatic rings. The number of anilines is 1.